The van der Waals surface area contributed by atoms with Crippen molar-refractivity contribution in [2.75, 3.05) is 60.6 Å². The Morgan fingerprint density at radius 1 is 1.00 bits per heavy atom. The van der Waals surface area contributed by atoms with Crippen LogP contribution in [0.1, 0.15) is 44.2 Å². The van der Waals surface area contributed by atoms with Gasteiger partial charge in [0.2, 0.25) is 5.91 Å². The molecule has 1 atom stereocenters. The molecule has 37 heavy (non-hydrogen) atoms. The van der Waals surface area contributed by atoms with Gasteiger partial charge >= 0.3 is 12.0 Å². The maximum atomic E-state index is 13.3. The fraction of sp³-hybridized carbons (Fsp3) is 0.593. The van der Waals surface area contributed by atoms with Gasteiger partial charge in [0, 0.05) is 57.5 Å². The molecule has 10 nitrogen and oxygen atoms in total. The number of amides is 3. The van der Waals surface area contributed by atoms with Crippen LogP contribution in [0, 0.1) is 5.92 Å². The third-order valence-corrected chi connectivity index (χ3v) is 7.51. The van der Waals surface area contributed by atoms with Gasteiger partial charge in [0.25, 0.3) is 0 Å². The molecule has 1 aliphatic carbocycles. The maximum absolute atomic E-state index is 13.3. The number of benzene rings is 1. The van der Waals surface area contributed by atoms with E-state index in [9.17, 15) is 14.4 Å². The smallest absolute Gasteiger partial charge is 0.338 e. The van der Waals surface area contributed by atoms with Crippen LogP contribution in [0.15, 0.2) is 29.5 Å². The van der Waals surface area contributed by atoms with Crippen molar-refractivity contribution in [3.8, 4) is 11.5 Å². The highest BCUT2D eigenvalue weighted by Crippen LogP contribution is 2.35. The van der Waals surface area contributed by atoms with Gasteiger partial charge in [-0.1, -0.05) is 6.42 Å². The second kappa shape index (κ2) is 11.9. The van der Waals surface area contributed by atoms with Gasteiger partial charge in [-0.25, -0.2) is 9.59 Å². The molecule has 1 saturated carbocycles. The summed E-state index contributed by atoms with van der Waals surface area (Å²) in [5.41, 5.74) is 1.63. The first-order valence-electron chi connectivity index (χ1n) is 13.0. The summed E-state index contributed by atoms with van der Waals surface area (Å²) in [6.07, 6.45) is 3.96. The molecule has 1 aromatic rings. The third kappa shape index (κ3) is 5.84. The molecule has 2 aliphatic heterocycles. The number of hydrogen-bond acceptors (Lipinski definition) is 7. The van der Waals surface area contributed by atoms with E-state index in [0.29, 0.717) is 48.0 Å². The van der Waals surface area contributed by atoms with E-state index in [1.807, 2.05) is 4.90 Å². The number of nitrogens with one attached hydrogen (secondary N) is 1. The Morgan fingerprint density at radius 3 is 2.30 bits per heavy atom. The molecule has 4 rings (SSSR count). The minimum Gasteiger partial charge on any atom is -0.497 e. The summed E-state index contributed by atoms with van der Waals surface area (Å²) in [5.74, 6) is 1.07. The Kier molecular flexibility index (Phi) is 8.58. The topological polar surface area (TPSA) is 101 Å². The van der Waals surface area contributed by atoms with Crippen LogP contribution < -0.4 is 14.8 Å². The molecule has 2 fully saturated rings. The molecule has 0 aromatic heterocycles. The highest BCUT2D eigenvalue weighted by atomic mass is 16.5. The van der Waals surface area contributed by atoms with Gasteiger partial charge in [0.15, 0.2) is 0 Å². The maximum Gasteiger partial charge on any atom is 0.338 e. The van der Waals surface area contributed by atoms with Crippen LogP contribution in [0.3, 0.4) is 0 Å². The molecule has 10 heteroatoms. The number of methoxy groups -OCH3 is 2. The van der Waals surface area contributed by atoms with Crippen molar-refractivity contribution in [1.29, 1.82) is 0 Å². The van der Waals surface area contributed by atoms with Crippen LogP contribution in [0.5, 0.6) is 11.5 Å². The Labute approximate surface area is 218 Å². The molecular formula is C27H38N4O6. The van der Waals surface area contributed by atoms with Crippen LogP contribution in [0.25, 0.3) is 0 Å². The van der Waals surface area contributed by atoms with E-state index in [0.717, 1.165) is 38.8 Å². The molecule has 3 amide bonds. The number of nitrogens with zero attached hydrogens (tertiary/aromatic N) is 3. The van der Waals surface area contributed by atoms with Crippen molar-refractivity contribution in [2.45, 2.75) is 38.6 Å². The summed E-state index contributed by atoms with van der Waals surface area (Å²) in [4.78, 5) is 44.9. The number of esters is 1. The number of urea groups is 1. The monoisotopic (exact) mass is 514 g/mol. The molecule has 0 bridgehead atoms. The summed E-state index contributed by atoms with van der Waals surface area (Å²) >= 11 is 0. The normalized spacial score (nSPS) is 21.2. The Hall–Kier alpha value is -3.27. The Bertz CT molecular complexity index is 1030. The zero-order valence-electron chi connectivity index (χ0n) is 22.2. The lowest BCUT2D eigenvalue weighted by molar-refractivity contribution is -0.139. The molecule has 1 unspecified atom stereocenters. The highest BCUT2D eigenvalue weighted by Gasteiger charge is 2.38. The molecule has 3 aliphatic rings. The second-order valence-corrected chi connectivity index (χ2v) is 9.75. The first-order chi connectivity index (χ1) is 17.9. The Morgan fingerprint density at radius 2 is 1.70 bits per heavy atom. The average molecular weight is 515 g/mol. The summed E-state index contributed by atoms with van der Waals surface area (Å²) < 4.78 is 16.3. The molecule has 0 spiro atoms. The van der Waals surface area contributed by atoms with E-state index < -0.39 is 12.0 Å². The van der Waals surface area contributed by atoms with E-state index in [1.165, 1.54) is 4.90 Å². The van der Waals surface area contributed by atoms with Gasteiger partial charge in [-0.15, -0.1) is 0 Å². The van der Waals surface area contributed by atoms with Crippen LogP contribution in [0.4, 0.5) is 4.79 Å². The van der Waals surface area contributed by atoms with Crippen molar-refractivity contribution >= 4 is 17.9 Å². The van der Waals surface area contributed by atoms with Crippen LogP contribution >= 0.6 is 0 Å². The summed E-state index contributed by atoms with van der Waals surface area (Å²) in [7, 11) is 4.77. The number of carbonyl (C=O) groups excluding carboxylic acids is 3. The van der Waals surface area contributed by atoms with Crippen LogP contribution in [-0.2, 0) is 14.3 Å². The SMILES string of the molecule is CCOC(=O)C1=C(CN2CCCN(C(=O)C3CCC3)CC2)N(C)C(=O)NC1c1cc(OC)cc(OC)c1. The summed E-state index contributed by atoms with van der Waals surface area (Å²) in [6.45, 7) is 5.17. The van der Waals surface area contributed by atoms with Gasteiger partial charge in [-0.05, 0) is 43.9 Å². The molecule has 2 heterocycles. The van der Waals surface area contributed by atoms with E-state index in [1.54, 1.807) is 46.4 Å². The third-order valence-electron chi connectivity index (χ3n) is 7.51. The summed E-state index contributed by atoms with van der Waals surface area (Å²) in [6, 6.07) is 4.26. The molecule has 1 saturated heterocycles. The molecular weight excluding hydrogens is 476 g/mol. The number of ether oxygens (including phenoxy) is 3. The van der Waals surface area contributed by atoms with Gasteiger partial charge in [0.1, 0.15) is 11.5 Å². The summed E-state index contributed by atoms with van der Waals surface area (Å²) in [5, 5.41) is 2.95. The van der Waals surface area contributed by atoms with Crippen molar-refractivity contribution < 1.29 is 28.6 Å². The highest BCUT2D eigenvalue weighted by molar-refractivity contribution is 5.95. The second-order valence-electron chi connectivity index (χ2n) is 9.75. The van der Waals surface area contributed by atoms with Crippen molar-refractivity contribution in [3.63, 3.8) is 0 Å². The fourth-order valence-electron chi connectivity index (χ4n) is 5.12. The van der Waals surface area contributed by atoms with Gasteiger partial charge in [-0.2, -0.15) is 0 Å². The number of carbonyl (C=O) groups is 3. The largest absolute Gasteiger partial charge is 0.497 e. The average Bonchev–Trinajstić information content (AvgIpc) is 3.10. The van der Waals surface area contributed by atoms with Gasteiger partial charge < -0.3 is 24.4 Å². The van der Waals surface area contributed by atoms with E-state index in [2.05, 4.69) is 10.2 Å². The molecule has 202 valence electrons. The quantitative estimate of drug-likeness (QED) is 0.532. The molecule has 1 N–H and O–H groups in total. The zero-order chi connectivity index (χ0) is 26.5. The first-order valence-corrected chi connectivity index (χ1v) is 13.0. The van der Waals surface area contributed by atoms with E-state index >= 15 is 0 Å². The predicted molar refractivity (Wildman–Crippen MR) is 137 cm³/mol. The van der Waals surface area contributed by atoms with Crippen molar-refractivity contribution in [1.82, 2.24) is 20.0 Å². The zero-order valence-corrected chi connectivity index (χ0v) is 22.2. The Balaban J connectivity index is 1.64. The van der Waals surface area contributed by atoms with Crippen LogP contribution in [-0.4, -0.2) is 93.2 Å². The van der Waals surface area contributed by atoms with Crippen LogP contribution in [0.2, 0.25) is 0 Å². The number of hydrogen-bond donors (Lipinski definition) is 1. The predicted octanol–water partition coefficient (Wildman–Crippen LogP) is 2.55. The van der Waals surface area contributed by atoms with E-state index in [-0.39, 0.29) is 24.5 Å². The van der Waals surface area contributed by atoms with Crippen molar-refractivity contribution in [2.24, 2.45) is 5.92 Å². The minimum atomic E-state index is -0.731. The van der Waals surface area contributed by atoms with Gasteiger partial charge in [0.05, 0.1) is 32.4 Å². The lowest BCUT2D eigenvalue weighted by atomic mass is 9.84. The van der Waals surface area contributed by atoms with Crippen molar-refractivity contribution in [3.05, 3.63) is 35.0 Å². The lowest BCUT2D eigenvalue weighted by Crippen LogP contribution is -2.49. The lowest BCUT2D eigenvalue weighted by Gasteiger charge is -2.36. The molecule has 1 aromatic carbocycles. The first kappa shape index (κ1) is 26.8. The number of rotatable bonds is 8. The number of likely N-dealkylation sites (N-methyl/N-ethyl adjacent to an activating group) is 1. The fourth-order valence-corrected chi connectivity index (χ4v) is 5.12. The van der Waals surface area contributed by atoms with E-state index in [4.69, 9.17) is 14.2 Å². The molecule has 0 radical (unpaired) electrons. The van der Waals surface area contributed by atoms with Gasteiger partial charge in [-0.3, -0.25) is 14.6 Å². The standard InChI is InChI=1S/C27H38N4O6/c1-5-37-26(33)23-22(17-30-10-7-11-31(13-12-30)25(32)18-8-6-9-18)29(2)27(34)28-24(23)19-14-20(35-3)16-21(15-19)36-4/h14-16,18,24H,5-13,17H2,1-4H3,(H,28,34). The minimum absolute atomic E-state index is 0.179.